The minimum absolute atomic E-state index is 0.109. The molecule has 0 saturated carbocycles. The van der Waals surface area contributed by atoms with Crippen LogP contribution >= 0.6 is 11.6 Å². The average molecular weight is 310 g/mol. The van der Waals surface area contributed by atoms with E-state index in [0.29, 0.717) is 18.5 Å². The average Bonchev–Trinajstić information content (AvgIpc) is 2.42. The van der Waals surface area contributed by atoms with Gasteiger partial charge in [0.1, 0.15) is 11.6 Å². The lowest BCUT2D eigenvalue weighted by Crippen LogP contribution is -2.23. The summed E-state index contributed by atoms with van der Waals surface area (Å²) in [5, 5.41) is 3.38. The Balaban J connectivity index is 2.32. The molecule has 0 aliphatic heterocycles. The van der Waals surface area contributed by atoms with E-state index in [1.807, 2.05) is 19.9 Å². The van der Waals surface area contributed by atoms with Gasteiger partial charge in [-0.1, -0.05) is 36.7 Å². The second kappa shape index (κ2) is 7.01. The fourth-order valence-corrected chi connectivity index (χ4v) is 2.64. The Labute approximate surface area is 128 Å². The molecule has 0 radical (unpaired) electrons. The van der Waals surface area contributed by atoms with Crippen LogP contribution in [0.15, 0.2) is 36.4 Å². The van der Waals surface area contributed by atoms with Gasteiger partial charge in [0, 0.05) is 6.04 Å². The van der Waals surface area contributed by atoms with Crippen LogP contribution in [0.2, 0.25) is 5.02 Å². The van der Waals surface area contributed by atoms with Crippen LogP contribution in [-0.4, -0.2) is 6.54 Å². The summed E-state index contributed by atoms with van der Waals surface area (Å²) in [6, 6.07) is 9.68. The molecule has 0 amide bonds. The summed E-state index contributed by atoms with van der Waals surface area (Å²) in [5.41, 5.74) is 2.18. The molecule has 112 valence electrons. The van der Waals surface area contributed by atoms with E-state index in [9.17, 15) is 8.78 Å². The smallest absolute Gasteiger partial charge is 0.145 e. The molecule has 1 unspecified atom stereocenters. The zero-order valence-corrected chi connectivity index (χ0v) is 12.8. The molecule has 21 heavy (non-hydrogen) atoms. The summed E-state index contributed by atoms with van der Waals surface area (Å²) in [7, 11) is 0. The standard InChI is InChI=1S/C17H18ClF2N/c1-3-21-16(13-7-11(2)8-14(19)9-13)10-12-5-4-6-15(18)17(12)20/h4-9,16,21H,3,10H2,1-2H3. The predicted octanol–water partition coefficient (Wildman–Crippen LogP) is 4.82. The molecular formula is C17H18ClF2N. The molecule has 0 spiro atoms. The third-order valence-electron chi connectivity index (χ3n) is 3.37. The van der Waals surface area contributed by atoms with Gasteiger partial charge in [0.05, 0.1) is 5.02 Å². The number of aryl methyl sites for hydroxylation is 1. The van der Waals surface area contributed by atoms with Crippen molar-refractivity contribution in [2.24, 2.45) is 0 Å². The van der Waals surface area contributed by atoms with Gasteiger partial charge in [-0.3, -0.25) is 0 Å². The minimum atomic E-state index is -0.407. The van der Waals surface area contributed by atoms with Gasteiger partial charge in [0.15, 0.2) is 0 Å². The third-order valence-corrected chi connectivity index (χ3v) is 3.66. The number of rotatable bonds is 5. The van der Waals surface area contributed by atoms with Crippen LogP contribution in [0.4, 0.5) is 8.78 Å². The minimum Gasteiger partial charge on any atom is -0.310 e. The van der Waals surface area contributed by atoms with E-state index in [0.717, 1.165) is 11.1 Å². The van der Waals surface area contributed by atoms with Crippen molar-refractivity contribution in [3.63, 3.8) is 0 Å². The molecule has 0 aliphatic rings. The second-order valence-electron chi connectivity index (χ2n) is 5.09. The van der Waals surface area contributed by atoms with E-state index in [-0.39, 0.29) is 16.9 Å². The fraction of sp³-hybridized carbons (Fsp3) is 0.294. The van der Waals surface area contributed by atoms with Gasteiger partial charge in [0.2, 0.25) is 0 Å². The Morgan fingerprint density at radius 3 is 2.62 bits per heavy atom. The first-order chi connectivity index (χ1) is 10.0. The molecule has 4 heteroatoms. The van der Waals surface area contributed by atoms with E-state index in [1.54, 1.807) is 12.1 Å². The maximum Gasteiger partial charge on any atom is 0.145 e. The van der Waals surface area contributed by atoms with E-state index in [1.165, 1.54) is 18.2 Å². The number of hydrogen-bond acceptors (Lipinski definition) is 1. The molecule has 1 nitrogen and oxygen atoms in total. The zero-order chi connectivity index (χ0) is 15.4. The summed E-state index contributed by atoms with van der Waals surface area (Å²) in [5.74, 6) is -0.685. The first-order valence-electron chi connectivity index (χ1n) is 6.94. The lowest BCUT2D eigenvalue weighted by molar-refractivity contribution is 0.523. The number of nitrogens with one attached hydrogen (secondary N) is 1. The van der Waals surface area contributed by atoms with Gasteiger partial charge in [0.25, 0.3) is 0 Å². The molecule has 2 aromatic carbocycles. The van der Waals surface area contributed by atoms with Gasteiger partial charge in [-0.15, -0.1) is 0 Å². The quantitative estimate of drug-likeness (QED) is 0.835. The molecule has 0 aromatic heterocycles. The SMILES string of the molecule is CCNC(Cc1cccc(Cl)c1F)c1cc(C)cc(F)c1. The topological polar surface area (TPSA) is 12.0 Å². The van der Waals surface area contributed by atoms with Gasteiger partial charge in [-0.25, -0.2) is 8.78 Å². The van der Waals surface area contributed by atoms with Crippen LogP contribution in [0.1, 0.15) is 29.7 Å². The highest BCUT2D eigenvalue weighted by atomic mass is 35.5. The monoisotopic (exact) mass is 309 g/mol. The van der Waals surface area contributed by atoms with Crippen LogP contribution in [0.5, 0.6) is 0 Å². The number of likely N-dealkylation sites (N-methyl/N-ethyl adjacent to an activating group) is 1. The second-order valence-corrected chi connectivity index (χ2v) is 5.50. The maximum atomic E-state index is 14.0. The Morgan fingerprint density at radius 2 is 1.95 bits per heavy atom. The highest BCUT2D eigenvalue weighted by molar-refractivity contribution is 6.30. The van der Waals surface area contributed by atoms with Crippen LogP contribution in [0, 0.1) is 18.6 Å². The van der Waals surface area contributed by atoms with Gasteiger partial charge in [-0.2, -0.15) is 0 Å². The first-order valence-corrected chi connectivity index (χ1v) is 7.32. The van der Waals surface area contributed by atoms with Crippen molar-refractivity contribution in [3.8, 4) is 0 Å². The fourth-order valence-electron chi connectivity index (χ4n) is 2.45. The molecule has 0 fully saturated rings. The summed E-state index contributed by atoms with van der Waals surface area (Å²) in [6.07, 6.45) is 0.420. The van der Waals surface area contributed by atoms with Crippen molar-refractivity contribution in [1.82, 2.24) is 5.32 Å². The maximum absolute atomic E-state index is 14.0. The highest BCUT2D eigenvalue weighted by Gasteiger charge is 2.16. The lowest BCUT2D eigenvalue weighted by atomic mass is 9.97. The van der Waals surface area contributed by atoms with Crippen molar-refractivity contribution in [2.45, 2.75) is 26.3 Å². The molecule has 0 bridgehead atoms. The summed E-state index contributed by atoms with van der Waals surface area (Å²) >= 11 is 5.82. The van der Waals surface area contributed by atoms with E-state index in [2.05, 4.69) is 5.32 Å². The highest BCUT2D eigenvalue weighted by Crippen LogP contribution is 2.25. The Kier molecular flexibility index (Phi) is 5.32. The van der Waals surface area contributed by atoms with Gasteiger partial charge >= 0.3 is 0 Å². The molecule has 0 aliphatic carbocycles. The van der Waals surface area contributed by atoms with Crippen molar-refractivity contribution in [2.75, 3.05) is 6.54 Å². The van der Waals surface area contributed by atoms with Gasteiger partial charge in [-0.05, 0) is 54.8 Å². The lowest BCUT2D eigenvalue weighted by Gasteiger charge is -2.20. The third kappa shape index (κ3) is 4.02. The summed E-state index contributed by atoms with van der Waals surface area (Å²) < 4.78 is 27.6. The number of benzene rings is 2. The van der Waals surface area contributed by atoms with Crippen molar-refractivity contribution >= 4 is 11.6 Å². The molecular weight excluding hydrogens is 292 g/mol. The number of hydrogen-bond donors (Lipinski definition) is 1. The summed E-state index contributed by atoms with van der Waals surface area (Å²) in [6.45, 7) is 4.52. The normalized spacial score (nSPS) is 12.4. The van der Waals surface area contributed by atoms with Gasteiger partial charge < -0.3 is 5.32 Å². The Morgan fingerprint density at radius 1 is 1.19 bits per heavy atom. The van der Waals surface area contributed by atoms with Crippen molar-refractivity contribution < 1.29 is 8.78 Å². The Hall–Kier alpha value is -1.45. The molecule has 2 aromatic rings. The molecule has 1 atom stereocenters. The van der Waals surface area contributed by atoms with E-state index in [4.69, 9.17) is 11.6 Å². The molecule has 0 saturated heterocycles. The molecule has 0 heterocycles. The van der Waals surface area contributed by atoms with Crippen LogP contribution < -0.4 is 5.32 Å². The Bertz CT molecular complexity index is 608. The van der Waals surface area contributed by atoms with E-state index < -0.39 is 5.82 Å². The number of halogens is 3. The van der Waals surface area contributed by atoms with Crippen molar-refractivity contribution in [1.29, 1.82) is 0 Å². The largest absolute Gasteiger partial charge is 0.310 e. The molecule has 2 rings (SSSR count). The first kappa shape index (κ1) is 15.9. The van der Waals surface area contributed by atoms with Crippen LogP contribution in [-0.2, 0) is 6.42 Å². The zero-order valence-electron chi connectivity index (χ0n) is 12.1. The van der Waals surface area contributed by atoms with Crippen LogP contribution in [0.3, 0.4) is 0 Å². The van der Waals surface area contributed by atoms with Crippen molar-refractivity contribution in [3.05, 3.63) is 69.7 Å². The van der Waals surface area contributed by atoms with Crippen LogP contribution in [0.25, 0.3) is 0 Å². The molecule has 1 N–H and O–H groups in total. The summed E-state index contributed by atoms with van der Waals surface area (Å²) in [4.78, 5) is 0. The predicted molar refractivity (Wildman–Crippen MR) is 82.7 cm³/mol. The van der Waals surface area contributed by atoms with E-state index >= 15 is 0 Å².